The maximum Gasteiger partial charge on any atom is 0.271 e. The Balaban J connectivity index is 1.81. The Kier molecular flexibility index (Phi) is 3.99. The lowest BCUT2D eigenvalue weighted by Crippen LogP contribution is -2.27. The summed E-state index contributed by atoms with van der Waals surface area (Å²) in [5, 5.41) is 11.5. The van der Waals surface area contributed by atoms with Crippen molar-refractivity contribution in [3.05, 3.63) is 35.4 Å². The molecule has 2 rings (SSSR count). The molecule has 2 aromatic rings. The highest BCUT2D eigenvalue weighted by Crippen LogP contribution is 2.03. The minimum Gasteiger partial charge on any atom is -0.349 e. The molecule has 96 valence electrons. The van der Waals surface area contributed by atoms with Gasteiger partial charge in [-0.2, -0.15) is 10.2 Å². The van der Waals surface area contributed by atoms with Crippen molar-refractivity contribution in [2.24, 2.45) is 0 Å². The Bertz CT molecular complexity index is 533. The summed E-state index contributed by atoms with van der Waals surface area (Å²) < 4.78 is 3.38. The zero-order valence-electron chi connectivity index (χ0n) is 10.0. The van der Waals surface area contributed by atoms with E-state index in [1.807, 2.05) is 6.92 Å². The first-order chi connectivity index (χ1) is 8.69. The second kappa shape index (κ2) is 5.68. The van der Waals surface area contributed by atoms with Crippen LogP contribution in [0.15, 0.2) is 24.7 Å². The molecular formula is C11H14ClN5O. The highest BCUT2D eigenvalue weighted by Gasteiger charge is 2.08. The number of aromatic nitrogens is 4. The second-order valence-electron chi connectivity index (χ2n) is 3.73. The Labute approximate surface area is 110 Å². The predicted octanol–water partition coefficient (Wildman–Crippen LogP) is 1.18. The Morgan fingerprint density at radius 1 is 1.50 bits per heavy atom. The topological polar surface area (TPSA) is 64.7 Å². The van der Waals surface area contributed by atoms with Crippen LogP contribution in [-0.2, 0) is 13.1 Å². The summed E-state index contributed by atoms with van der Waals surface area (Å²) in [6, 6.07) is 1.70. The molecule has 0 atom stereocenters. The molecule has 2 heterocycles. The monoisotopic (exact) mass is 267 g/mol. The quantitative estimate of drug-likeness (QED) is 0.885. The zero-order valence-corrected chi connectivity index (χ0v) is 10.8. The number of carbonyl (C=O) groups excluding carboxylic acids is 1. The van der Waals surface area contributed by atoms with Crippen LogP contribution in [0.1, 0.15) is 17.4 Å². The molecule has 0 aliphatic rings. The molecule has 7 heteroatoms. The summed E-state index contributed by atoms with van der Waals surface area (Å²) in [5.74, 6) is -0.180. The molecule has 0 fully saturated rings. The first-order valence-corrected chi connectivity index (χ1v) is 6.06. The molecule has 0 saturated carbocycles. The fourth-order valence-corrected chi connectivity index (χ4v) is 1.65. The average Bonchev–Trinajstić information content (AvgIpc) is 2.98. The largest absolute Gasteiger partial charge is 0.349 e. The van der Waals surface area contributed by atoms with Gasteiger partial charge >= 0.3 is 0 Å². The van der Waals surface area contributed by atoms with Crippen molar-refractivity contribution in [3.8, 4) is 0 Å². The van der Waals surface area contributed by atoms with Crippen LogP contribution in [0.5, 0.6) is 0 Å². The Morgan fingerprint density at radius 2 is 2.33 bits per heavy atom. The number of halogens is 1. The third kappa shape index (κ3) is 3.10. The van der Waals surface area contributed by atoms with E-state index >= 15 is 0 Å². The number of hydrogen-bond donors (Lipinski definition) is 1. The fourth-order valence-electron chi connectivity index (χ4n) is 1.49. The van der Waals surface area contributed by atoms with Gasteiger partial charge in [-0.3, -0.25) is 14.2 Å². The van der Waals surface area contributed by atoms with Crippen molar-refractivity contribution < 1.29 is 4.79 Å². The van der Waals surface area contributed by atoms with Crippen LogP contribution >= 0.6 is 11.6 Å². The van der Waals surface area contributed by atoms with Gasteiger partial charge in [-0.15, -0.1) is 0 Å². The number of hydrogen-bond acceptors (Lipinski definition) is 3. The first-order valence-electron chi connectivity index (χ1n) is 5.68. The van der Waals surface area contributed by atoms with E-state index in [-0.39, 0.29) is 5.91 Å². The van der Waals surface area contributed by atoms with Crippen LogP contribution < -0.4 is 5.32 Å². The third-order valence-electron chi connectivity index (χ3n) is 2.43. The normalized spacial score (nSPS) is 10.6. The highest BCUT2D eigenvalue weighted by molar-refractivity contribution is 6.30. The van der Waals surface area contributed by atoms with Gasteiger partial charge in [0.1, 0.15) is 5.69 Å². The van der Waals surface area contributed by atoms with Gasteiger partial charge in [0.2, 0.25) is 0 Å². The summed E-state index contributed by atoms with van der Waals surface area (Å²) >= 11 is 5.73. The maximum atomic E-state index is 11.7. The lowest BCUT2D eigenvalue weighted by Gasteiger charge is -2.03. The molecule has 1 N–H and O–H groups in total. The molecule has 0 bridgehead atoms. The minimum atomic E-state index is -0.180. The number of nitrogens with zero attached hydrogens (tertiary/aromatic N) is 4. The van der Waals surface area contributed by atoms with Crippen LogP contribution in [0.4, 0.5) is 0 Å². The standard InChI is InChI=1S/C11H14ClN5O/c1-2-16-5-3-10(15-16)11(18)13-4-6-17-8-9(12)7-14-17/h3,5,7-8H,2,4,6H2,1H3,(H,13,18). The van der Waals surface area contributed by atoms with Crippen LogP contribution in [-0.4, -0.2) is 32.0 Å². The minimum absolute atomic E-state index is 0.180. The number of nitrogens with one attached hydrogen (secondary N) is 1. The Morgan fingerprint density at radius 3 is 2.94 bits per heavy atom. The maximum absolute atomic E-state index is 11.7. The average molecular weight is 268 g/mol. The first kappa shape index (κ1) is 12.6. The molecule has 0 aromatic carbocycles. The second-order valence-corrected chi connectivity index (χ2v) is 4.17. The van der Waals surface area contributed by atoms with Crippen molar-refractivity contribution in [1.82, 2.24) is 24.9 Å². The molecule has 1 amide bonds. The highest BCUT2D eigenvalue weighted by atomic mass is 35.5. The van der Waals surface area contributed by atoms with E-state index in [1.54, 1.807) is 34.0 Å². The van der Waals surface area contributed by atoms with Gasteiger partial charge in [-0.25, -0.2) is 0 Å². The van der Waals surface area contributed by atoms with Crippen molar-refractivity contribution >= 4 is 17.5 Å². The van der Waals surface area contributed by atoms with Crippen LogP contribution in [0, 0.1) is 0 Å². The van der Waals surface area contributed by atoms with Crippen LogP contribution in [0.3, 0.4) is 0 Å². The van der Waals surface area contributed by atoms with Gasteiger partial charge in [0.25, 0.3) is 5.91 Å². The molecule has 0 aliphatic carbocycles. The summed E-state index contributed by atoms with van der Waals surface area (Å²) in [6.45, 7) is 3.78. The van der Waals surface area contributed by atoms with E-state index in [2.05, 4.69) is 15.5 Å². The molecule has 2 aromatic heterocycles. The third-order valence-corrected chi connectivity index (χ3v) is 2.62. The van der Waals surface area contributed by atoms with Gasteiger partial charge in [0, 0.05) is 25.5 Å². The molecule has 0 spiro atoms. The van der Waals surface area contributed by atoms with Crippen LogP contribution in [0.2, 0.25) is 5.02 Å². The number of aryl methyl sites for hydroxylation is 1. The summed E-state index contributed by atoms with van der Waals surface area (Å²) in [6.07, 6.45) is 5.05. The van der Waals surface area contributed by atoms with Gasteiger partial charge in [-0.05, 0) is 13.0 Å². The molecule has 0 unspecified atom stereocenters. The van der Waals surface area contributed by atoms with Crippen molar-refractivity contribution in [3.63, 3.8) is 0 Å². The molecule has 0 radical (unpaired) electrons. The summed E-state index contributed by atoms with van der Waals surface area (Å²) in [5.41, 5.74) is 0.426. The molecule has 6 nitrogen and oxygen atoms in total. The Hall–Kier alpha value is -1.82. The van der Waals surface area contributed by atoms with Crippen molar-refractivity contribution in [2.45, 2.75) is 20.0 Å². The molecular weight excluding hydrogens is 254 g/mol. The van der Waals surface area contributed by atoms with E-state index in [1.165, 1.54) is 0 Å². The summed E-state index contributed by atoms with van der Waals surface area (Å²) in [7, 11) is 0. The zero-order chi connectivity index (χ0) is 13.0. The van der Waals surface area contributed by atoms with Gasteiger partial charge in [0.05, 0.1) is 17.8 Å². The SMILES string of the molecule is CCn1ccc(C(=O)NCCn2cc(Cl)cn2)n1. The number of rotatable bonds is 5. The van der Waals surface area contributed by atoms with Gasteiger partial charge < -0.3 is 5.32 Å². The molecule has 0 saturated heterocycles. The van der Waals surface area contributed by atoms with E-state index in [4.69, 9.17) is 11.6 Å². The predicted molar refractivity (Wildman–Crippen MR) is 67.5 cm³/mol. The molecule has 18 heavy (non-hydrogen) atoms. The van der Waals surface area contributed by atoms with Gasteiger partial charge in [-0.1, -0.05) is 11.6 Å². The fraction of sp³-hybridized carbons (Fsp3) is 0.364. The number of amides is 1. The van der Waals surface area contributed by atoms with E-state index in [9.17, 15) is 4.79 Å². The van der Waals surface area contributed by atoms with E-state index in [0.717, 1.165) is 6.54 Å². The smallest absolute Gasteiger partial charge is 0.271 e. The molecule has 0 aliphatic heterocycles. The van der Waals surface area contributed by atoms with Crippen molar-refractivity contribution in [2.75, 3.05) is 6.54 Å². The van der Waals surface area contributed by atoms with Crippen molar-refractivity contribution in [1.29, 1.82) is 0 Å². The van der Waals surface area contributed by atoms with E-state index in [0.29, 0.717) is 23.8 Å². The number of carbonyl (C=O) groups is 1. The summed E-state index contributed by atoms with van der Waals surface area (Å²) in [4.78, 5) is 11.7. The lowest BCUT2D eigenvalue weighted by molar-refractivity contribution is 0.0946. The lowest BCUT2D eigenvalue weighted by atomic mass is 10.4. The van der Waals surface area contributed by atoms with Gasteiger partial charge in [0.15, 0.2) is 0 Å². The van der Waals surface area contributed by atoms with Crippen LogP contribution in [0.25, 0.3) is 0 Å². The van der Waals surface area contributed by atoms with E-state index < -0.39 is 0 Å².